The van der Waals surface area contributed by atoms with E-state index in [2.05, 4.69) is 21.5 Å². The summed E-state index contributed by atoms with van der Waals surface area (Å²) in [5.41, 5.74) is 3.02. The Bertz CT molecular complexity index is 1460. The van der Waals surface area contributed by atoms with Crippen LogP contribution in [0.1, 0.15) is 40.0 Å². The van der Waals surface area contributed by atoms with Crippen molar-refractivity contribution < 1.29 is 27.5 Å². The lowest BCUT2D eigenvalue weighted by Gasteiger charge is -2.47. The molecule has 224 valence electrons. The molecule has 1 atom stereocenters. The SMILES string of the molecule is CC(C)(C)OC(=O)N1CCC(CC#N)(N2NC(=Nc3ccc(S(=O)(=O)N4CCOCC4)cc3)C3C(=O)N=CC=C32)CC1. The van der Waals surface area contributed by atoms with Crippen molar-refractivity contribution in [1.82, 2.24) is 19.6 Å². The summed E-state index contributed by atoms with van der Waals surface area (Å²) in [7, 11) is -3.66. The number of aliphatic imine (C=N–C) groups is 2. The van der Waals surface area contributed by atoms with Crippen molar-refractivity contribution in [3.8, 4) is 6.07 Å². The second-order valence-electron chi connectivity index (χ2n) is 11.6. The first kappa shape index (κ1) is 29.7. The van der Waals surface area contributed by atoms with Crippen LogP contribution in [0.15, 0.2) is 50.9 Å². The molecule has 0 saturated carbocycles. The number of allylic oxidation sites excluding steroid dienone is 1. The highest BCUT2D eigenvalue weighted by Gasteiger charge is 2.50. The Hall–Kier alpha value is -3.80. The van der Waals surface area contributed by atoms with Gasteiger partial charge in [-0.3, -0.25) is 15.2 Å². The Labute approximate surface area is 245 Å². The standard InChI is InChI=1S/C28H35N7O6S/c1-27(2,3)41-26(37)33-14-10-28(9-12-29,11-15-33)35-22-8-13-30-25(36)23(22)24(32-35)31-20-4-6-21(7-5-20)42(38,39)34-16-18-40-19-17-34/h4-8,13,23H,9-11,14-19H2,1-3H3,(H,31,32). The molecular formula is C28H35N7O6S. The van der Waals surface area contributed by atoms with Crippen LogP contribution in [0.2, 0.25) is 0 Å². The lowest BCUT2D eigenvalue weighted by Crippen LogP contribution is -2.58. The third-order valence-electron chi connectivity index (χ3n) is 7.67. The summed E-state index contributed by atoms with van der Waals surface area (Å²) in [4.78, 5) is 36.1. The van der Waals surface area contributed by atoms with Crippen molar-refractivity contribution in [3.05, 3.63) is 36.0 Å². The number of carbonyl (C=O) groups excluding carboxylic acids is 2. The highest BCUT2D eigenvalue weighted by Crippen LogP contribution is 2.40. The van der Waals surface area contributed by atoms with Gasteiger partial charge in [0.15, 0.2) is 0 Å². The van der Waals surface area contributed by atoms with Crippen LogP contribution in [0, 0.1) is 17.2 Å². The average Bonchev–Trinajstić information content (AvgIpc) is 3.33. The van der Waals surface area contributed by atoms with Crippen LogP contribution in [0.3, 0.4) is 0 Å². The molecule has 0 aliphatic carbocycles. The molecule has 4 aliphatic rings. The molecule has 0 aromatic heterocycles. The van der Waals surface area contributed by atoms with Gasteiger partial charge in [0.05, 0.1) is 47.5 Å². The number of amides is 2. The number of nitrogens with zero attached hydrogens (tertiary/aromatic N) is 6. The zero-order chi connectivity index (χ0) is 30.1. The number of morpholine rings is 1. The minimum atomic E-state index is -3.66. The second kappa shape index (κ2) is 11.5. The fraction of sp³-hybridized carbons (Fsp3) is 0.536. The Morgan fingerprint density at radius 2 is 1.86 bits per heavy atom. The average molecular weight is 598 g/mol. The summed E-state index contributed by atoms with van der Waals surface area (Å²) in [6.45, 7) is 7.50. The Balaban J connectivity index is 1.39. The van der Waals surface area contributed by atoms with Crippen LogP contribution in [0.5, 0.6) is 0 Å². The van der Waals surface area contributed by atoms with Gasteiger partial charge < -0.3 is 14.4 Å². The summed E-state index contributed by atoms with van der Waals surface area (Å²) in [6, 6.07) is 8.47. The van der Waals surface area contributed by atoms with E-state index in [4.69, 9.17) is 9.47 Å². The molecule has 5 rings (SSSR count). The monoisotopic (exact) mass is 597 g/mol. The normalized spacial score (nSPS) is 23.7. The van der Waals surface area contributed by atoms with Crippen molar-refractivity contribution in [2.24, 2.45) is 15.9 Å². The molecule has 0 bridgehead atoms. The van der Waals surface area contributed by atoms with Crippen LogP contribution in [0.25, 0.3) is 0 Å². The number of hydrogen-bond donors (Lipinski definition) is 1. The van der Waals surface area contributed by atoms with Crippen LogP contribution < -0.4 is 5.43 Å². The van der Waals surface area contributed by atoms with Gasteiger partial charge in [0.2, 0.25) is 10.0 Å². The number of dihydropyridines is 1. The molecule has 13 nitrogen and oxygen atoms in total. The number of sulfonamides is 1. The molecule has 0 spiro atoms. The zero-order valence-corrected chi connectivity index (χ0v) is 24.8. The minimum Gasteiger partial charge on any atom is -0.444 e. The minimum absolute atomic E-state index is 0.151. The molecule has 42 heavy (non-hydrogen) atoms. The predicted octanol–water partition coefficient (Wildman–Crippen LogP) is 2.35. The van der Waals surface area contributed by atoms with E-state index in [1.807, 2.05) is 25.8 Å². The quantitative estimate of drug-likeness (QED) is 0.538. The van der Waals surface area contributed by atoms with Crippen molar-refractivity contribution in [1.29, 1.82) is 5.26 Å². The number of amidine groups is 1. The second-order valence-corrected chi connectivity index (χ2v) is 13.6. The topological polar surface area (TPSA) is 157 Å². The maximum Gasteiger partial charge on any atom is 0.410 e. The molecule has 0 radical (unpaired) electrons. The van der Waals surface area contributed by atoms with Crippen LogP contribution in [-0.2, 0) is 24.3 Å². The maximum absolute atomic E-state index is 13.0. The number of hydrogen-bond acceptors (Lipinski definition) is 9. The van der Waals surface area contributed by atoms with E-state index >= 15 is 0 Å². The summed E-state index contributed by atoms with van der Waals surface area (Å²) in [5.74, 6) is -0.865. The van der Waals surface area contributed by atoms with Crippen LogP contribution in [-0.4, -0.2) is 97.2 Å². The van der Waals surface area contributed by atoms with Crippen molar-refractivity contribution >= 4 is 39.8 Å². The smallest absolute Gasteiger partial charge is 0.410 e. The molecule has 1 aromatic carbocycles. The Kier molecular flexibility index (Phi) is 8.10. The van der Waals surface area contributed by atoms with Crippen molar-refractivity contribution in [2.75, 3.05) is 39.4 Å². The van der Waals surface area contributed by atoms with Crippen molar-refractivity contribution in [2.45, 2.75) is 56.1 Å². The number of ether oxygens (including phenoxy) is 2. The van der Waals surface area contributed by atoms with Gasteiger partial charge in [-0.15, -0.1) is 0 Å². The van der Waals surface area contributed by atoms with Gasteiger partial charge in [-0.2, -0.15) is 9.57 Å². The number of benzene rings is 1. The first-order chi connectivity index (χ1) is 19.9. The number of carbonyl (C=O) groups is 2. The molecule has 3 fully saturated rings. The van der Waals surface area contributed by atoms with Gasteiger partial charge in [0.25, 0.3) is 5.91 Å². The maximum atomic E-state index is 13.0. The first-order valence-corrected chi connectivity index (χ1v) is 15.3. The fourth-order valence-electron chi connectivity index (χ4n) is 5.50. The molecule has 2 amide bonds. The van der Waals surface area contributed by atoms with E-state index in [1.165, 1.54) is 22.7 Å². The van der Waals surface area contributed by atoms with Gasteiger partial charge in [-0.1, -0.05) is 0 Å². The van der Waals surface area contributed by atoms with E-state index in [1.54, 1.807) is 23.1 Å². The third kappa shape index (κ3) is 5.90. The molecule has 14 heteroatoms. The Morgan fingerprint density at radius 3 is 2.48 bits per heavy atom. The summed E-state index contributed by atoms with van der Waals surface area (Å²) >= 11 is 0. The molecule has 3 saturated heterocycles. The lowest BCUT2D eigenvalue weighted by molar-refractivity contribution is -0.119. The van der Waals surface area contributed by atoms with E-state index in [-0.39, 0.29) is 11.3 Å². The van der Waals surface area contributed by atoms with E-state index in [9.17, 15) is 23.3 Å². The molecule has 1 unspecified atom stereocenters. The van der Waals surface area contributed by atoms with Crippen molar-refractivity contribution in [3.63, 3.8) is 0 Å². The number of likely N-dealkylation sites (tertiary alicyclic amines) is 1. The molecule has 4 heterocycles. The Morgan fingerprint density at radius 1 is 1.19 bits per heavy atom. The van der Waals surface area contributed by atoms with Gasteiger partial charge in [-0.25, -0.2) is 23.2 Å². The summed E-state index contributed by atoms with van der Waals surface area (Å²) < 4.78 is 38.2. The number of nitriles is 1. The number of fused-ring (bicyclic) bond motifs is 1. The zero-order valence-electron chi connectivity index (χ0n) is 23.9. The first-order valence-electron chi connectivity index (χ1n) is 13.9. The number of piperidine rings is 1. The molecule has 4 aliphatic heterocycles. The molecule has 1 aromatic rings. The molecule has 1 N–H and O–H groups in total. The van der Waals surface area contributed by atoms with E-state index < -0.39 is 39.1 Å². The fourth-order valence-corrected chi connectivity index (χ4v) is 6.90. The lowest BCUT2D eigenvalue weighted by atomic mass is 9.83. The number of nitrogens with one attached hydrogen (secondary N) is 1. The van der Waals surface area contributed by atoms with Crippen LogP contribution >= 0.6 is 0 Å². The van der Waals surface area contributed by atoms with Gasteiger partial charge in [-0.05, 0) is 64.0 Å². The third-order valence-corrected chi connectivity index (χ3v) is 9.58. The van der Waals surface area contributed by atoms with Gasteiger partial charge in [0.1, 0.15) is 17.4 Å². The van der Waals surface area contributed by atoms with Crippen LogP contribution in [0.4, 0.5) is 10.5 Å². The van der Waals surface area contributed by atoms with E-state index in [0.29, 0.717) is 69.5 Å². The predicted molar refractivity (Wildman–Crippen MR) is 153 cm³/mol. The summed E-state index contributed by atoms with van der Waals surface area (Å²) in [6.07, 6.45) is 3.85. The number of hydrazine groups is 1. The number of rotatable bonds is 5. The van der Waals surface area contributed by atoms with Gasteiger partial charge in [0, 0.05) is 32.4 Å². The highest BCUT2D eigenvalue weighted by atomic mass is 32.2. The van der Waals surface area contributed by atoms with E-state index in [0.717, 1.165) is 0 Å². The van der Waals surface area contributed by atoms with Gasteiger partial charge >= 0.3 is 6.09 Å². The largest absolute Gasteiger partial charge is 0.444 e. The highest BCUT2D eigenvalue weighted by molar-refractivity contribution is 7.89. The molecular weight excluding hydrogens is 562 g/mol. The summed E-state index contributed by atoms with van der Waals surface area (Å²) in [5, 5.41) is 11.6.